The van der Waals surface area contributed by atoms with Crippen molar-refractivity contribution in [1.29, 1.82) is 0 Å². The molecule has 0 fully saturated rings. The molecule has 0 N–H and O–H groups in total. The van der Waals surface area contributed by atoms with Crippen LogP contribution in [0.3, 0.4) is 0 Å². The fourth-order valence-electron chi connectivity index (χ4n) is 0.768. The molecule has 0 aliphatic rings. The number of terminal acetylenes is 1. The highest BCUT2D eigenvalue weighted by Crippen LogP contribution is 2.11. The molecular weight excluding hydrogens is 136 g/mol. The van der Waals surface area contributed by atoms with E-state index in [0.717, 1.165) is 5.56 Å². The largest absolute Gasteiger partial charge is 0.158 e. The maximum Gasteiger partial charge on any atom is 0.135 e. The van der Waals surface area contributed by atoms with Gasteiger partial charge >= 0.3 is 0 Å². The van der Waals surface area contributed by atoms with Gasteiger partial charge in [0.2, 0.25) is 0 Å². The van der Waals surface area contributed by atoms with E-state index in [0.29, 0.717) is 11.6 Å². The molecule has 0 spiro atoms. The maximum absolute atomic E-state index is 5.17. The van der Waals surface area contributed by atoms with Gasteiger partial charge in [-0.1, -0.05) is 13.8 Å². The third kappa shape index (κ3) is 1.78. The highest BCUT2D eigenvalue weighted by Gasteiger charge is 1.99. The minimum absolute atomic E-state index is 0.456. The topological polar surface area (TPSA) is 25.8 Å². The van der Waals surface area contributed by atoms with Crippen molar-refractivity contribution in [2.24, 2.45) is 0 Å². The molecule has 0 aliphatic heterocycles. The van der Waals surface area contributed by atoms with Crippen molar-refractivity contribution >= 4 is 0 Å². The number of nitrogens with zero attached hydrogens (tertiary/aromatic N) is 2. The Morgan fingerprint density at radius 3 is 2.82 bits per heavy atom. The van der Waals surface area contributed by atoms with Crippen LogP contribution >= 0.6 is 0 Å². The molecule has 0 saturated carbocycles. The van der Waals surface area contributed by atoms with Crippen molar-refractivity contribution in [2.75, 3.05) is 0 Å². The average Bonchev–Trinajstić information content (AvgIpc) is 2.05. The Balaban J connectivity index is 3.03. The quantitative estimate of drug-likeness (QED) is 0.562. The third-order valence-electron chi connectivity index (χ3n) is 1.49. The molecule has 0 amide bonds. The zero-order chi connectivity index (χ0) is 8.27. The van der Waals surface area contributed by atoms with Gasteiger partial charge in [0.05, 0.1) is 6.20 Å². The lowest BCUT2D eigenvalue weighted by Crippen LogP contribution is -1.93. The van der Waals surface area contributed by atoms with E-state index >= 15 is 0 Å². The predicted octanol–water partition coefficient (Wildman–Crippen LogP) is 1.58. The Hall–Kier alpha value is -1.36. The summed E-state index contributed by atoms with van der Waals surface area (Å²) in [6.07, 6.45) is 6.91. The van der Waals surface area contributed by atoms with Crippen LogP contribution in [0.15, 0.2) is 12.3 Å². The monoisotopic (exact) mass is 146 g/mol. The summed E-state index contributed by atoms with van der Waals surface area (Å²) in [6, 6.07) is 1.89. The van der Waals surface area contributed by atoms with Crippen LogP contribution in [0.2, 0.25) is 0 Å². The molecule has 11 heavy (non-hydrogen) atoms. The first-order valence-corrected chi connectivity index (χ1v) is 3.53. The van der Waals surface area contributed by atoms with E-state index in [-0.39, 0.29) is 0 Å². The van der Waals surface area contributed by atoms with E-state index in [2.05, 4.69) is 30.0 Å². The number of rotatable bonds is 1. The van der Waals surface area contributed by atoms with E-state index in [1.54, 1.807) is 6.20 Å². The lowest BCUT2D eigenvalue weighted by atomic mass is 10.1. The van der Waals surface area contributed by atoms with Crippen LogP contribution in [-0.4, -0.2) is 10.2 Å². The highest BCUT2D eigenvalue weighted by atomic mass is 15.1. The van der Waals surface area contributed by atoms with Crippen molar-refractivity contribution in [3.8, 4) is 12.3 Å². The van der Waals surface area contributed by atoms with E-state index in [9.17, 15) is 0 Å². The van der Waals surface area contributed by atoms with Crippen molar-refractivity contribution in [3.63, 3.8) is 0 Å². The summed E-state index contributed by atoms with van der Waals surface area (Å²) in [7, 11) is 0. The summed E-state index contributed by atoms with van der Waals surface area (Å²) in [5, 5.41) is 7.54. The molecule has 1 aromatic rings. The van der Waals surface area contributed by atoms with Crippen LogP contribution in [0.5, 0.6) is 0 Å². The Kier molecular flexibility index (Phi) is 2.22. The summed E-state index contributed by atoms with van der Waals surface area (Å²) in [4.78, 5) is 0. The minimum Gasteiger partial charge on any atom is -0.158 e. The number of hydrogen-bond acceptors (Lipinski definition) is 2. The zero-order valence-electron chi connectivity index (χ0n) is 6.70. The van der Waals surface area contributed by atoms with Gasteiger partial charge in [-0.15, -0.1) is 11.5 Å². The van der Waals surface area contributed by atoms with Crippen LogP contribution < -0.4 is 0 Å². The van der Waals surface area contributed by atoms with Gasteiger partial charge in [0.15, 0.2) is 0 Å². The molecule has 0 aliphatic carbocycles. The van der Waals surface area contributed by atoms with Gasteiger partial charge in [-0.2, -0.15) is 5.10 Å². The van der Waals surface area contributed by atoms with Crippen LogP contribution in [0.25, 0.3) is 0 Å². The van der Waals surface area contributed by atoms with Crippen molar-refractivity contribution < 1.29 is 0 Å². The zero-order valence-corrected chi connectivity index (χ0v) is 6.70. The van der Waals surface area contributed by atoms with Gasteiger partial charge in [0.25, 0.3) is 0 Å². The van der Waals surface area contributed by atoms with Crippen molar-refractivity contribution in [3.05, 3.63) is 23.5 Å². The lowest BCUT2D eigenvalue weighted by molar-refractivity contribution is 0.838. The second-order valence-corrected chi connectivity index (χ2v) is 2.67. The van der Waals surface area contributed by atoms with E-state index in [1.807, 2.05) is 6.07 Å². The van der Waals surface area contributed by atoms with E-state index < -0.39 is 0 Å². The van der Waals surface area contributed by atoms with E-state index in [4.69, 9.17) is 6.42 Å². The molecule has 1 aromatic heterocycles. The van der Waals surface area contributed by atoms with Crippen molar-refractivity contribution in [1.82, 2.24) is 10.2 Å². The molecule has 0 unspecified atom stereocenters. The Bertz CT molecular complexity index is 284. The van der Waals surface area contributed by atoms with Gasteiger partial charge in [-0.3, -0.25) is 0 Å². The first-order valence-electron chi connectivity index (χ1n) is 3.53. The molecule has 0 radical (unpaired) electrons. The average molecular weight is 146 g/mol. The molecule has 2 nitrogen and oxygen atoms in total. The molecule has 0 atom stereocenters. The summed E-state index contributed by atoms with van der Waals surface area (Å²) in [6.45, 7) is 4.19. The Morgan fingerprint density at radius 1 is 1.55 bits per heavy atom. The van der Waals surface area contributed by atoms with Gasteiger partial charge in [-0.25, -0.2) is 0 Å². The van der Waals surface area contributed by atoms with Crippen molar-refractivity contribution in [2.45, 2.75) is 19.8 Å². The lowest BCUT2D eigenvalue weighted by Gasteiger charge is -2.02. The van der Waals surface area contributed by atoms with Crippen LogP contribution in [0.1, 0.15) is 31.0 Å². The predicted molar refractivity (Wildman–Crippen MR) is 44.1 cm³/mol. The molecule has 2 heteroatoms. The second-order valence-electron chi connectivity index (χ2n) is 2.67. The van der Waals surface area contributed by atoms with Crippen LogP contribution in [0, 0.1) is 12.3 Å². The second kappa shape index (κ2) is 3.16. The molecule has 1 rings (SSSR count). The molecule has 0 aromatic carbocycles. The van der Waals surface area contributed by atoms with Crippen LogP contribution in [-0.2, 0) is 0 Å². The van der Waals surface area contributed by atoms with E-state index in [1.165, 1.54) is 0 Å². The first kappa shape index (κ1) is 7.74. The molecule has 0 saturated heterocycles. The van der Waals surface area contributed by atoms with Gasteiger partial charge in [0, 0.05) is 0 Å². The maximum atomic E-state index is 5.17. The number of hydrogen-bond donors (Lipinski definition) is 0. The minimum atomic E-state index is 0.456. The standard InChI is InChI=1S/C9H10N2/c1-4-9-5-8(7(2)3)6-10-11-9/h1,5-7H,2-3H3. The SMILES string of the molecule is C#Cc1cc(C(C)C)cnn1. The molecular formula is C9H10N2. The molecule has 56 valence electrons. The summed E-state index contributed by atoms with van der Waals surface area (Å²) < 4.78 is 0. The fraction of sp³-hybridized carbons (Fsp3) is 0.333. The number of aromatic nitrogens is 2. The Labute approximate surface area is 66.7 Å². The summed E-state index contributed by atoms with van der Waals surface area (Å²) in [5.41, 5.74) is 1.74. The smallest absolute Gasteiger partial charge is 0.135 e. The molecule has 1 heterocycles. The van der Waals surface area contributed by atoms with Gasteiger partial charge < -0.3 is 0 Å². The summed E-state index contributed by atoms with van der Waals surface area (Å²) >= 11 is 0. The Morgan fingerprint density at radius 2 is 2.27 bits per heavy atom. The third-order valence-corrected chi connectivity index (χ3v) is 1.49. The molecule has 0 bridgehead atoms. The summed E-state index contributed by atoms with van der Waals surface area (Å²) in [5.74, 6) is 2.90. The normalized spacial score (nSPS) is 9.64. The highest BCUT2D eigenvalue weighted by molar-refractivity contribution is 5.27. The fourth-order valence-corrected chi connectivity index (χ4v) is 0.768. The van der Waals surface area contributed by atoms with Crippen LogP contribution in [0.4, 0.5) is 0 Å². The van der Waals surface area contributed by atoms with Gasteiger partial charge in [0.1, 0.15) is 5.69 Å². The van der Waals surface area contributed by atoms with Gasteiger partial charge in [-0.05, 0) is 23.5 Å². The first-order chi connectivity index (χ1) is 5.24.